The molecule has 4 heteroatoms. The van der Waals surface area contributed by atoms with Gasteiger partial charge in [-0.3, -0.25) is 0 Å². The summed E-state index contributed by atoms with van der Waals surface area (Å²) in [5.74, 6) is 2.48. The average Bonchev–Trinajstić information content (AvgIpc) is 2.26. The summed E-state index contributed by atoms with van der Waals surface area (Å²) in [5, 5.41) is 3.30. The highest BCUT2D eigenvalue weighted by atomic mass is 32.1. The number of fused-ring (bicyclic) bond motifs is 1. The zero-order valence-corrected chi connectivity index (χ0v) is 9.64. The maximum absolute atomic E-state index is 5.51. The summed E-state index contributed by atoms with van der Waals surface area (Å²) in [7, 11) is 0. The largest absolute Gasteiger partial charge is 0.486 e. The quantitative estimate of drug-likeness (QED) is 0.772. The predicted octanol–water partition coefficient (Wildman–Crippen LogP) is 2.11. The maximum atomic E-state index is 5.51. The Hall–Kier alpha value is -1.03. The predicted molar refractivity (Wildman–Crippen MR) is 64.5 cm³/mol. The third kappa shape index (κ3) is 2.31. The standard InChI is InChI=1S/C11H15NO2S/c1-8-6-10-11(14-4-3-13-10)7-9(8)12-2-5-15/h6-7,12,15H,2-5H2,1H3. The van der Waals surface area contributed by atoms with E-state index in [0.717, 1.165) is 29.5 Å². The Balaban J connectivity index is 2.24. The summed E-state index contributed by atoms with van der Waals surface area (Å²) < 4.78 is 11.0. The van der Waals surface area contributed by atoms with E-state index >= 15 is 0 Å². The molecule has 82 valence electrons. The number of ether oxygens (including phenoxy) is 2. The highest BCUT2D eigenvalue weighted by Gasteiger charge is 2.13. The molecule has 1 heterocycles. The van der Waals surface area contributed by atoms with Crippen molar-refractivity contribution in [2.45, 2.75) is 6.92 Å². The third-order valence-electron chi connectivity index (χ3n) is 2.32. The Morgan fingerprint density at radius 3 is 2.60 bits per heavy atom. The van der Waals surface area contributed by atoms with Crippen LogP contribution < -0.4 is 14.8 Å². The van der Waals surface area contributed by atoms with Gasteiger partial charge in [-0.15, -0.1) is 0 Å². The van der Waals surface area contributed by atoms with Gasteiger partial charge in [-0.05, 0) is 18.6 Å². The number of hydrogen-bond acceptors (Lipinski definition) is 4. The summed E-state index contributed by atoms with van der Waals surface area (Å²) in [5.41, 5.74) is 2.26. The highest BCUT2D eigenvalue weighted by molar-refractivity contribution is 7.80. The van der Waals surface area contributed by atoms with Crippen LogP contribution in [0.4, 0.5) is 5.69 Å². The monoisotopic (exact) mass is 225 g/mol. The zero-order chi connectivity index (χ0) is 10.7. The van der Waals surface area contributed by atoms with Crippen molar-refractivity contribution in [3.63, 3.8) is 0 Å². The van der Waals surface area contributed by atoms with Crippen LogP contribution in [0, 0.1) is 6.92 Å². The number of hydrogen-bond donors (Lipinski definition) is 2. The van der Waals surface area contributed by atoms with Crippen molar-refractivity contribution in [2.24, 2.45) is 0 Å². The normalized spacial score (nSPS) is 13.7. The Labute approximate surface area is 95.2 Å². The summed E-state index contributed by atoms with van der Waals surface area (Å²) in [6.45, 7) is 4.17. The first-order valence-corrected chi connectivity index (χ1v) is 5.69. The van der Waals surface area contributed by atoms with Crippen LogP contribution >= 0.6 is 12.6 Å². The van der Waals surface area contributed by atoms with Gasteiger partial charge in [-0.1, -0.05) is 0 Å². The molecule has 0 aromatic heterocycles. The lowest BCUT2D eigenvalue weighted by molar-refractivity contribution is 0.171. The lowest BCUT2D eigenvalue weighted by Crippen LogP contribution is -2.16. The van der Waals surface area contributed by atoms with E-state index in [1.54, 1.807) is 0 Å². The van der Waals surface area contributed by atoms with Crippen molar-refractivity contribution in [1.82, 2.24) is 0 Å². The number of anilines is 1. The van der Waals surface area contributed by atoms with E-state index in [9.17, 15) is 0 Å². The summed E-state index contributed by atoms with van der Waals surface area (Å²) in [6.07, 6.45) is 0. The Bertz CT molecular complexity index is 355. The van der Waals surface area contributed by atoms with Gasteiger partial charge in [-0.25, -0.2) is 0 Å². The Kier molecular flexibility index (Phi) is 3.26. The number of rotatable bonds is 3. The molecule has 0 unspecified atom stereocenters. The molecule has 1 N–H and O–H groups in total. The lowest BCUT2D eigenvalue weighted by atomic mass is 10.1. The molecule has 0 bridgehead atoms. The molecule has 0 atom stereocenters. The lowest BCUT2D eigenvalue weighted by Gasteiger charge is -2.20. The summed E-state index contributed by atoms with van der Waals surface area (Å²) in [4.78, 5) is 0. The van der Waals surface area contributed by atoms with E-state index < -0.39 is 0 Å². The second-order valence-electron chi connectivity index (χ2n) is 3.46. The minimum Gasteiger partial charge on any atom is -0.486 e. The van der Waals surface area contributed by atoms with E-state index in [1.165, 1.54) is 5.56 Å². The summed E-state index contributed by atoms with van der Waals surface area (Å²) in [6, 6.07) is 4.00. The smallest absolute Gasteiger partial charge is 0.163 e. The van der Waals surface area contributed by atoms with Gasteiger partial charge in [-0.2, -0.15) is 12.6 Å². The van der Waals surface area contributed by atoms with Crippen LogP contribution in [0.25, 0.3) is 0 Å². The molecule has 0 amide bonds. The first kappa shape index (κ1) is 10.5. The second kappa shape index (κ2) is 4.66. The third-order valence-corrected chi connectivity index (χ3v) is 2.54. The van der Waals surface area contributed by atoms with Gasteiger partial charge in [0.2, 0.25) is 0 Å². The molecule has 1 aliphatic heterocycles. The van der Waals surface area contributed by atoms with Gasteiger partial charge < -0.3 is 14.8 Å². The molecule has 0 radical (unpaired) electrons. The molecule has 1 aliphatic rings. The van der Waals surface area contributed by atoms with Gasteiger partial charge in [0.15, 0.2) is 11.5 Å². The fraction of sp³-hybridized carbons (Fsp3) is 0.455. The highest BCUT2D eigenvalue weighted by Crippen LogP contribution is 2.35. The van der Waals surface area contributed by atoms with Crippen LogP contribution in [0.2, 0.25) is 0 Å². The van der Waals surface area contributed by atoms with E-state index in [-0.39, 0.29) is 0 Å². The first-order chi connectivity index (χ1) is 7.31. The summed E-state index contributed by atoms with van der Waals surface area (Å²) >= 11 is 4.17. The van der Waals surface area contributed by atoms with Gasteiger partial charge >= 0.3 is 0 Å². The van der Waals surface area contributed by atoms with Crippen LogP contribution in [-0.4, -0.2) is 25.5 Å². The van der Waals surface area contributed by atoms with Crippen molar-refractivity contribution in [2.75, 3.05) is 30.8 Å². The van der Waals surface area contributed by atoms with Crippen molar-refractivity contribution in [3.8, 4) is 11.5 Å². The van der Waals surface area contributed by atoms with E-state index in [1.807, 2.05) is 12.1 Å². The van der Waals surface area contributed by atoms with Crippen LogP contribution in [0.1, 0.15) is 5.56 Å². The SMILES string of the molecule is Cc1cc2c(cc1NCCS)OCCO2. The minimum atomic E-state index is 0.627. The van der Waals surface area contributed by atoms with E-state index in [0.29, 0.717) is 13.2 Å². The van der Waals surface area contributed by atoms with Gasteiger partial charge in [0.25, 0.3) is 0 Å². The molecule has 0 aliphatic carbocycles. The Morgan fingerprint density at radius 1 is 1.27 bits per heavy atom. The van der Waals surface area contributed by atoms with Crippen LogP contribution in [-0.2, 0) is 0 Å². The zero-order valence-electron chi connectivity index (χ0n) is 8.75. The molecule has 1 aromatic rings. The van der Waals surface area contributed by atoms with Gasteiger partial charge in [0, 0.05) is 24.1 Å². The molecule has 0 fully saturated rings. The number of nitrogens with one attached hydrogen (secondary N) is 1. The number of thiol groups is 1. The van der Waals surface area contributed by atoms with Crippen LogP contribution in [0.3, 0.4) is 0 Å². The minimum absolute atomic E-state index is 0.627. The molecular weight excluding hydrogens is 210 g/mol. The number of aryl methyl sites for hydroxylation is 1. The van der Waals surface area contributed by atoms with Crippen LogP contribution in [0.5, 0.6) is 11.5 Å². The molecule has 3 nitrogen and oxygen atoms in total. The van der Waals surface area contributed by atoms with Gasteiger partial charge in [0.1, 0.15) is 13.2 Å². The van der Waals surface area contributed by atoms with Gasteiger partial charge in [0.05, 0.1) is 0 Å². The maximum Gasteiger partial charge on any atom is 0.163 e. The van der Waals surface area contributed by atoms with Crippen molar-refractivity contribution in [1.29, 1.82) is 0 Å². The van der Waals surface area contributed by atoms with Crippen molar-refractivity contribution < 1.29 is 9.47 Å². The van der Waals surface area contributed by atoms with Crippen molar-refractivity contribution >= 4 is 18.3 Å². The average molecular weight is 225 g/mol. The topological polar surface area (TPSA) is 30.5 Å². The Morgan fingerprint density at radius 2 is 1.93 bits per heavy atom. The van der Waals surface area contributed by atoms with Crippen LogP contribution in [0.15, 0.2) is 12.1 Å². The molecule has 2 rings (SSSR count). The first-order valence-electron chi connectivity index (χ1n) is 5.06. The molecule has 1 aromatic carbocycles. The second-order valence-corrected chi connectivity index (χ2v) is 3.91. The van der Waals surface area contributed by atoms with E-state index in [2.05, 4.69) is 24.9 Å². The fourth-order valence-corrected chi connectivity index (χ4v) is 1.68. The molecule has 15 heavy (non-hydrogen) atoms. The molecule has 0 saturated heterocycles. The molecule has 0 spiro atoms. The molecule has 0 saturated carbocycles. The molecular formula is C11H15NO2S. The van der Waals surface area contributed by atoms with Crippen molar-refractivity contribution in [3.05, 3.63) is 17.7 Å². The fourth-order valence-electron chi connectivity index (χ4n) is 1.57. The number of benzene rings is 1. The van der Waals surface area contributed by atoms with E-state index in [4.69, 9.17) is 9.47 Å².